The zero-order chi connectivity index (χ0) is 23.7. The highest BCUT2D eigenvalue weighted by Gasteiger charge is 2.22. The average molecular weight is 459 g/mol. The number of aryl methyl sites for hydroxylation is 1. The zero-order valence-electron chi connectivity index (χ0n) is 20.1. The molecule has 4 aromatic carbocycles. The Hall–Kier alpha value is -4.12. The van der Waals surface area contributed by atoms with Crippen LogP contribution in [-0.2, 0) is 13.0 Å². The molecule has 0 saturated heterocycles. The molecule has 0 fully saturated rings. The van der Waals surface area contributed by atoms with Crippen LogP contribution < -0.4 is 4.74 Å². The lowest BCUT2D eigenvalue weighted by atomic mass is 9.95. The molecule has 172 valence electrons. The summed E-state index contributed by atoms with van der Waals surface area (Å²) < 4.78 is 6.09. The maximum Gasteiger partial charge on any atom is 0.130 e. The number of nitrogens with zero attached hydrogens (tertiary/aromatic N) is 2. The van der Waals surface area contributed by atoms with Crippen molar-refractivity contribution in [1.82, 2.24) is 19.9 Å². The smallest absolute Gasteiger partial charge is 0.130 e. The predicted molar refractivity (Wildman–Crippen MR) is 142 cm³/mol. The van der Waals surface area contributed by atoms with E-state index < -0.39 is 0 Å². The topological polar surface area (TPSA) is 66.6 Å². The van der Waals surface area contributed by atoms with E-state index in [1.165, 1.54) is 27.1 Å². The van der Waals surface area contributed by atoms with Crippen molar-refractivity contribution in [3.05, 3.63) is 78.0 Å². The lowest BCUT2D eigenvalue weighted by Gasteiger charge is -2.18. The molecule has 0 saturated carbocycles. The molecule has 2 aromatic heterocycles. The van der Waals surface area contributed by atoms with Crippen LogP contribution in [0.4, 0.5) is 0 Å². The number of hydrogen-bond donors (Lipinski definition) is 2. The summed E-state index contributed by atoms with van der Waals surface area (Å²) in [5, 5.41) is 4.88. The second-order valence-corrected chi connectivity index (χ2v) is 9.70. The minimum absolute atomic E-state index is 0.370. The Morgan fingerprint density at radius 1 is 0.857 bits per heavy atom. The minimum Gasteiger partial charge on any atom is -0.487 e. The van der Waals surface area contributed by atoms with E-state index >= 15 is 0 Å². The fourth-order valence-corrected chi connectivity index (χ4v) is 5.22. The van der Waals surface area contributed by atoms with Gasteiger partial charge in [0.1, 0.15) is 24.0 Å². The summed E-state index contributed by atoms with van der Waals surface area (Å²) in [6, 6.07) is 21.9. The van der Waals surface area contributed by atoms with Gasteiger partial charge in [0.2, 0.25) is 0 Å². The van der Waals surface area contributed by atoms with Crippen LogP contribution in [0.1, 0.15) is 44.0 Å². The molecule has 0 radical (unpaired) electrons. The monoisotopic (exact) mass is 458 g/mol. The molecule has 1 aliphatic rings. The summed E-state index contributed by atoms with van der Waals surface area (Å²) in [5.74, 6) is 3.30. The largest absolute Gasteiger partial charge is 0.487 e. The number of ether oxygens (including phenoxy) is 1. The van der Waals surface area contributed by atoms with Crippen LogP contribution in [0.3, 0.4) is 0 Å². The Kier molecular flexibility index (Phi) is 4.31. The number of hydrogen-bond acceptors (Lipinski definition) is 3. The number of fused-ring (bicyclic) bond motifs is 8. The molecular weight excluding hydrogens is 432 g/mol. The number of aromatic amines is 2. The van der Waals surface area contributed by atoms with Crippen LogP contribution in [0.15, 0.2) is 60.7 Å². The molecular formula is C30H26N4O. The SMILES string of the molecule is CCc1nc2c([nH]1)COc1cc(-c3ccc4c(ccc5c4ccc4[nH]c(C(C)C)nc45)c3)ccc1-2. The van der Waals surface area contributed by atoms with Gasteiger partial charge < -0.3 is 14.7 Å². The number of H-pyrrole nitrogens is 2. The van der Waals surface area contributed by atoms with Crippen molar-refractivity contribution in [1.29, 1.82) is 0 Å². The van der Waals surface area contributed by atoms with E-state index in [2.05, 4.69) is 91.4 Å². The van der Waals surface area contributed by atoms with Gasteiger partial charge in [-0.25, -0.2) is 9.97 Å². The van der Waals surface area contributed by atoms with Gasteiger partial charge in [-0.15, -0.1) is 0 Å². The first-order valence-corrected chi connectivity index (χ1v) is 12.3. The van der Waals surface area contributed by atoms with Crippen molar-refractivity contribution in [3.8, 4) is 28.1 Å². The molecule has 7 rings (SSSR count). The molecule has 0 atom stereocenters. The van der Waals surface area contributed by atoms with E-state index in [1.807, 2.05) is 0 Å². The molecule has 35 heavy (non-hydrogen) atoms. The fourth-order valence-electron chi connectivity index (χ4n) is 5.22. The summed E-state index contributed by atoms with van der Waals surface area (Å²) in [5.41, 5.74) is 7.60. The first-order chi connectivity index (χ1) is 17.1. The second kappa shape index (κ2) is 7.44. The van der Waals surface area contributed by atoms with Gasteiger partial charge in [-0.1, -0.05) is 57.2 Å². The van der Waals surface area contributed by atoms with Crippen molar-refractivity contribution in [2.24, 2.45) is 0 Å². The minimum atomic E-state index is 0.370. The van der Waals surface area contributed by atoms with Crippen molar-refractivity contribution in [2.75, 3.05) is 0 Å². The van der Waals surface area contributed by atoms with E-state index in [0.717, 1.165) is 57.4 Å². The predicted octanol–water partition coefficient (Wildman–Crippen LogP) is 7.50. The number of rotatable bonds is 3. The van der Waals surface area contributed by atoms with Gasteiger partial charge in [-0.2, -0.15) is 0 Å². The van der Waals surface area contributed by atoms with Gasteiger partial charge in [0.05, 0.1) is 22.4 Å². The maximum absolute atomic E-state index is 6.09. The van der Waals surface area contributed by atoms with Crippen molar-refractivity contribution in [3.63, 3.8) is 0 Å². The van der Waals surface area contributed by atoms with E-state index in [4.69, 9.17) is 14.7 Å². The van der Waals surface area contributed by atoms with E-state index in [0.29, 0.717) is 12.5 Å². The number of aromatic nitrogens is 4. The van der Waals surface area contributed by atoms with Crippen molar-refractivity contribution in [2.45, 2.75) is 39.7 Å². The summed E-state index contributed by atoms with van der Waals surface area (Å²) in [7, 11) is 0. The van der Waals surface area contributed by atoms with E-state index in [-0.39, 0.29) is 0 Å². The Morgan fingerprint density at radius 3 is 2.51 bits per heavy atom. The Morgan fingerprint density at radius 2 is 1.66 bits per heavy atom. The Labute approximate surface area is 203 Å². The van der Waals surface area contributed by atoms with Gasteiger partial charge in [0.25, 0.3) is 0 Å². The molecule has 0 amide bonds. The third kappa shape index (κ3) is 3.08. The molecule has 0 aliphatic carbocycles. The average Bonchev–Trinajstić information content (AvgIpc) is 3.52. The number of benzene rings is 4. The van der Waals surface area contributed by atoms with Crippen LogP contribution in [0.5, 0.6) is 5.75 Å². The third-order valence-electron chi connectivity index (χ3n) is 7.13. The molecule has 2 N–H and O–H groups in total. The lowest BCUT2D eigenvalue weighted by molar-refractivity contribution is 0.298. The highest BCUT2D eigenvalue weighted by atomic mass is 16.5. The molecule has 3 heterocycles. The fraction of sp³-hybridized carbons (Fsp3) is 0.200. The molecule has 6 aromatic rings. The standard InChI is InChI=1S/C30H26N4O/c1-4-27-31-25-15-35-26-14-18(6-10-23(26)29(25)33-27)17-5-8-20-19(13-17)7-9-22-21(20)11-12-24-28(22)34-30(32-24)16(2)3/h5-14,16H,4,15H2,1-3H3,(H,31,33)(H,32,34). The van der Waals surface area contributed by atoms with Crippen LogP contribution in [0, 0.1) is 0 Å². The summed E-state index contributed by atoms with van der Waals surface area (Å²) in [4.78, 5) is 16.5. The number of nitrogens with one attached hydrogen (secondary N) is 2. The first-order valence-electron chi connectivity index (χ1n) is 12.3. The molecule has 0 bridgehead atoms. The lowest BCUT2D eigenvalue weighted by Crippen LogP contribution is -2.05. The Balaban J connectivity index is 1.32. The molecule has 0 spiro atoms. The molecule has 1 aliphatic heterocycles. The number of imidazole rings is 2. The van der Waals surface area contributed by atoms with E-state index in [1.54, 1.807) is 0 Å². The Bertz CT molecular complexity index is 1770. The maximum atomic E-state index is 6.09. The normalized spacial score (nSPS) is 12.9. The first kappa shape index (κ1) is 20.3. The van der Waals surface area contributed by atoms with Gasteiger partial charge in [0, 0.05) is 23.3 Å². The second-order valence-electron chi connectivity index (χ2n) is 9.70. The summed E-state index contributed by atoms with van der Waals surface area (Å²) in [6.07, 6.45) is 0.886. The van der Waals surface area contributed by atoms with Crippen LogP contribution in [0.2, 0.25) is 0 Å². The van der Waals surface area contributed by atoms with Crippen LogP contribution >= 0.6 is 0 Å². The zero-order valence-corrected chi connectivity index (χ0v) is 20.1. The summed E-state index contributed by atoms with van der Waals surface area (Å²) >= 11 is 0. The highest BCUT2D eigenvalue weighted by Crippen LogP contribution is 2.40. The quantitative estimate of drug-likeness (QED) is 0.270. The highest BCUT2D eigenvalue weighted by molar-refractivity contribution is 6.16. The molecule has 0 unspecified atom stereocenters. The summed E-state index contributed by atoms with van der Waals surface area (Å²) in [6.45, 7) is 6.97. The van der Waals surface area contributed by atoms with Crippen molar-refractivity contribution >= 4 is 32.6 Å². The molecule has 5 nitrogen and oxygen atoms in total. The van der Waals surface area contributed by atoms with E-state index in [9.17, 15) is 0 Å². The van der Waals surface area contributed by atoms with Crippen LogP contribution in [0.25, 0.3) is 55.0 Å². The van der Waals surface area contributed by atoms with Crippen LogP contribution in [-0.4, -0.2) is 19.9 Å². The van der Waals surface area contributed by atoms with Gasteiger partial charge >= 0.3 is 0 Å². The third-order valence-corrected chi connectivity index (χ3v) is 7.13. The van der Waals surface area contributed by atoms with Gasteiger partial charge in [-0.05, 0) is 51.6 Å². The molecule has 5 heteroatoms. The van der Waals surface area contributed by atoms with Crippen molar-refractivity contribution < 1.29 is 4.74 Å². The van der Waals surface area contributed by atoms with Gasteiger partial charge in [-0.3, -0.25) is 0 Å². The van der Waals surface area contributed by atoms with Gasteiger partial charge in [0.15, 0.2) is 0 Å².